The van der Waals surface area contributed by atoms with Gasteiger partial charge in [-0.25, -0.2) is 9.98 Å². The Balaban J connectivity index is 2.65. The lowest BCUT2D eigenvalue weighted by atomic mass is 9.96. The molecule has 1 rings (SSSR count). The van der Waals surface area contributed by atoms with Gasteiger partial charge in [0.25, 0.3) is 0 Å². The van der Waals surface area contributed by atoms with E-state index in [4.69, 9.17) is 10.8 Å². The normalized spacial score (nSPS) is 28.7. The Labute approximate surface area is 74.2 Å². The summed E-state index contributed by atoms with van der Waals surface area (Å²) in [5.74, 6) is -1.13. The van der Waals surface area contributed by atoms with Crippen molar-refractivity contribution in [2.75, 3.05) is 0 Å². The van der Waals surface area contributed by atoms with Gasteiger partial charge in [0, 0.05) is 12.6 Å². The quantitative estimate of drug-likeness (QED) is 0.607. The second-order valence-electron chi connectivity index (χ2n) is 3.15. The number of aliphatic imine (C=N–C) groups is 2. The zero-order valence-electron chi connectivity index (χ0n) is 7.07. The van der Waals surface area contributed by atoms with Gasteiger partial charge in [-0.2, -0.15) is 4.39 Å². The third-order valence-electron chi connectivity index (χ3n) is 1.75. The van der Waals surface area contributed by atoms with E-state index in [2.05, 4.69) is 9.98 Å². The van der Waals surface area contributed by atoms with Crippen molar-refractivity contribution >= 4 is 18.3 Å². The first-order valence-electron chi connectivity index (χ1n) is 3.72. The van der Waals surface area contributed by atoms with Crippen LogP contribution in [0.2, 0.25) is 0 Å². The molecule has 2 unspecified atom stereocenters. The van der Waals surface area contributed by atoms with E-state index in [0.29, 0.717) is 0 Å². The molecule has 1 aliphatic rings. The highest BCUT2D eigenvalue weighted by Gasteiger charge is 2.31. The molecule has 0 aromatic heterocycles. The number of hydrogen-bond donors (Lipinski definition) is 2. The number of nitrogens with two attached hydrogens (primary N) is 1. The van der Waals surface area contributed by atoms with Gasteiger partial charge in [0.05, 0.1) is 5.54 Å². The molecule has 0 aromatic carbocycles. The van der Waals surface area contributed by atoms with Crippen LogP contribution in [0.25, 0.3) is 0 Å². The van der Waals surface area contributed by atoms with Crippen LogP contribution in [0.1, 0.15) is 13.3 Å². The smallest absolute Gasteiger partial charge is 0.320 e. The molecule has 0 saturated heterocycles. The summed E-state index contributed by atoms with van der Waals surface area (Å²) in [7, 11) is 0. The molecule has 6 heteroatoms. The second-order valence-corrected chi connectivity index (χ2v) is 3.15. The summed E-state index contributed by atoms with van der Waals surface area (Å²) in [5, 5.41) is 8.51. The molecule has 72 valence electrons. The van der Waals surface area contributed by atoms with Crippen LogP contribution < -0.4 is 5.73 Å². The fraction of sp³-hybridized carbons (Fsp3) is 0.571. The maximum atomic E-state index is 12.4. The number of carboxylic acids is 1. The van der Waals surface area contributed by atoms with Gasteiger partial charge in [0.15, 0.2) is 0 Å². The zero-order chi connectivity index (χ0) is 10.1. The number of aliphatic carboxylic acids is 1. The fourth-order valence-electron chi connectivity index (χ4n) is 1.09. The molecule has 0 bridgehead atoms. The van der Waals surface area contributed by atoms with Crippen LogP contribution in [0.3, 0.4) is 0 Å². The third-order valence-corrected chi connectivity index (χ3v) is 1.75. The molecule has 0 saturated carbocycles. The van der Waals surface area contributed by atoms with Gasteiger partial charge in [0.2, 0.25) is 0 Å². The van der Waals surface area contributed by atoms with Gasteiger partial charge < -0.3 is 10.8 Å². The van der Waals surface area contributed by atoms with Gasteiger partial charge in [0.1, 0.15) is 6.04 Å². The van der Waals surface area contributed by atoms with E-state index < -0.39 is 23.6 Å². The average Bonchev–Trinajstić information content (AvgIpc) is 2.30. The summed E-state index contributed by atoms with van der Waals surface area (Å²) in [6, 6.07) is -1.05. The minimum atomic E-state index is -1.13. The highest BCUT2D eigenvalue weighted by atomic mass is 19.1. The molecule has 13 heavy (non-hydrogen) atoms. The molecule has 5 nitrogen and oxygen atoms in total. The van der Waals surface area contributed by atoms with Crippen LogP contribution in [-0.2, 0) is 4.79 Å². The monoisotopic (exact) mass is 187 g/mol. The van der Waals surface area contributed by atoms with Gasteiger partial charge >= 0.3 is 12.1 Å². The van der Waals surface area contributed by atoms with Crippen molar-refractivity contribution in [2.24, 2.45) is 15.7 Å². The molecule has 0 aliphatic carbocycles. The summed E-state index contributed by atoms with van der Waals surface area (Å²) in [6.07, 6.45) is 0.477. The van der Waals surface area contributed by atoms with E-state index in [9.17, 15) is 9.18 Å². The largest absolute Gasteiger partial charge is 0.480 e. The molecule has 1 heterocycles. The molecular formula is C7H10FN3O2. The van der Waals surface area contributed by atoms with Crippen molar-refractivity contribution in [3.63, 3.8) is 0 Å². The summed E-state index contributed by atoms with van der Waals surface area (Å²) in [4.78, 5) is 17.2. The molecule has 3 N–H and O–H groups in total. The highest BCUT2D eigenvalue weighted by molar-refractivity contribution is 5.93. The standard InChI is InChI=1S/C7H10FN3O2/c1-7(2-4(9)5(12)13)3-10-6(8)11-7/h3-4H,2,9H2,1H3,(H,12,13). The number of amidine groups is 1. The Kier molecular flexibility index (Phi) is 2.42. The Morgan fingerprint density at radius 3 is 2.92 bits per heavy atom. The lowest BCUT2D eigenvalue weighted by Crippen LogP contribution is -2.38. The Hall–Kier alpha value is -1.30. The number of carboxylic acid groups (broad SMARTS) is 1. The van der Waals surface area contributed by atoms with E-state index in [1.165, 1.54) is 6.21 Å². The van der Waals surface area contributed by atoms with Crippen molar-refractivity contribution in [1.82, 2.24) is 0 Å². The van der Waals surface area contributed by atoms with Gasteiger partial charge in [-0.3, -0.25) is 4.79 Å². The maximum Gasteiger partial charge on any atom is 0.320 e. The van der Waals surface area contributed by atoms with Crippen molar-refractivity contribution in [1.29, 1.82) is 0 Å². The highest BCUT2D eigenvalue weighted by Crippen LogP contribution is 2.19. The summed E-state index contributed by atoms with van der Waals surface area (Å²) >= 11 is 0. The average molecular weight is 187 g/mol. The summed E-state index contributed by atoms with van der Waals surface area (Å²) < 4.78 is 12.4. The van der Waals surface area contributed by atoms with E-state index in [-0.39, 0.29) is 6.42 Å². The van der Waals surface area contributed by atoms with Crippen LogP contribution in [0.4, 0.5) is 4.39 Å². The van der Waals surface area contributed by atoms with Crippen LogP contribution in [0.15, 0.2) is 9.98 Å². The molecule has 0 aromatic rings. The van der Waals surface area contributed by atoms with E-state index >= 15 is 0 Å². The van der Waals surface area contributed by atoms with E-state index in [1.54, 1.807) is 6.92 Å². The van der Waals surface area contributed by atoms with Crippen molar-refractivity contribution in [3.05, 3.63) is 0 Å². The molecule has 0 spiro atoms. The summed E-state index contributed by atoms with van der Waals surface area (Å²) in [5.41, 5.74) is 4.36. The lowest BCUT2D eigenvalue weighted by molar-refractivity contribution is -0.138. The fourth-order valence-corrected chi connectivity index (χ4v) is 1.09. The van der Waals surface area contributed by atoms with Crippen LogP contribution in [0.5, 0.6) is 0 Å². The van der Waals surface area contributed by atoms with E-state index in [0.717, 1.165) is 0 Å². The maximum absolute atomic E-state index is 12.4. The van der Waals surface area contributed by atoms with Crippen LogP contribution in [0, 0.1) is 0 Å². The predicted octanol–water partition coefficient (Wildman–Crippen LogP) is -0.0430. The number of halogens is 1. The molecule has 0 fully saturated rings. The van der Waals surface area contributed by atoms with Crippen molar-refractivity contribution < 1.29 is 14.3 Å². The predicted molar refractivity (Wildman–Crippen MR) is 45.7 cm³/mol. The minimum absolute atomic E-state index is 0.0409. The Morgan fingerprint density at radius 1 is 1.92 bits per heavy atom. The van der Waals surface area contributed by atoms with Crippen molar-refractivity contribution in [2.45, 2.75) is 24.9 Å². The molecule has 0 radical (unpaired) electrons. The molecule has 2 atom stereocenters. The molecular weight excluding hydrogens is 177 g/mol. The van der Waals surface area contributed by atoms with Crippen LogP contribution in [-0.4, -0.2) is 35.0 Å². The first-order valence-corrected chi connectivity index (χ1v) is 3.72. The molecule has 1 aliphatic heterocycles. The topological polar surface area (TPSA) is 88.0 Å². The van der Waals surface area contributed by atoms with Crippen molar-refractivity contribution in [3.8, 4) is 0 Å². The molecule has 0 amide bonds. The first-order chi connectivity index (χ1) is 5.93. The van der Waals surface area contributed by atoms with Gasteiger partial charge in [-0.1, -0.05) is 0 Å². The van der Waals surface area contributed by atoms with Crippen LogP contribution >= 0.6 is 0 Å². The number of hydrogen-bond acceptors (Lipinski definition) is 4. The Bertz CT molecular complexity index is 289. The number of nitrogens with zero attached hydrogens (tertiary/aromatic N) is 2. The summed E-state index contributed by atoms with van der Waals surface area (Å²) in [6.45, 7) is 1.58. The lowest BCUT2D eigenvalue weighted by Gasteiger charge is -2.18. The first kappa shape index (κ1) is 9.79. The SMILES string of the molecule is CC1(CC(N)C(=O)O)C=NC(F)=N1. The third kappa shape index (κ3) is 2.32. The Morgan fingerprint density at radius 2 is 2.54 bits per heavy atom. The number of carbonyl (C=O) groups is 1. The minimum Gasteiger partial charge on any atom is -0.480 e. The zero-order valence-corrected chi connectivity index (χ0v) is 7.07. The number of rotatable bonds is 3. The van der Waals surface area contributed by atoms with Gasteiger partial charge in [-0.05, 0) is 6.92 Å². The van der Waals surface area contributed by atoms with E-state index in [1.807, 2.05) is 0 Å². The second kappa shape index (κ2) is 3.21. The van der Waals surface area contributed by atoms with Gasteiger partial charge in [-0.15, -0.1) is 0 Å².